The fraction of sp³-hybridized carbons (Fsp3) is 0.550. The zero-order chi connectivity index (χ0) is 31.5. The number of unbranched alkanes of at least 4 members (excludes halogenated alkanes) is 12. The summed E-state index contributed by atoms with van der Waals surface area (Å²) < 4.78 is 19.3. The van der Waals surface area contributed by atoms with Gasteiger partial charge in [-0.15, -0.1) is 0 Å². The third-order valence-corrected chi connectivity index (χ3v) is 9.28. The molecule has 3 aromatic carbocycles. The summed E-state index contributed by atoms with van der Waals surface area (Å²) in [6, 6.07) is 25.2. The summed E-state index contributed by atoms with van der Waals surface area (Å²) in [6.45, 7) is 11.2. The normalized spacial score (nSPS) is 11.6. The predicted octanol–water partition coefficient (Wildman–Crippen LogP) is 13.3. The molecule has 0 atom stereocenters. The van der Waals surface area contributed by atoms with Gasteiger partial charge in [0.15, 0.2) is 0 Å². The van der Waals surface area contributed by atoms with Crippen LogP contribution in [0.15, 0.2) is 72.8 Å². The number of rotatable bonds is 22. The maximum Gasteiger partial charge on any atom is 0.530 e. The molecule has 0 N–H and O–H groups in total. The fourth-order valence-electron chi connectivity index (χ4n) is 5.48. The first-order valence-corrected chi connectivity index (χ1v) is 18.6. The van der Waals surface area contributed by atoms with Crippen molar-refractivity contribution in [2.75, 3.05) is 0 Å². The summed E-state index contributed by atoms with van der Waals surface area (Å²) >= 11 is 0. The molecule has 0 aromatic heterocycles. The Hall–Kier alpha value is -2.51. The Morgan fingerprint density at radius 2 is 0.886 bits per heavy atom. The second-order valence-corrected chi connectivity index (χ2v) is 14.3. The third kappa shape index (κ3) is 14.1. The van der Waals surface area contributed by atoms with Crippen molar-refractivity contribution in [1.29, 1.82) is 0 Å². The Kier molecular flexibility index (Phi) is 16.8. The van der Waals surface area contributed by atoms with Crippen LogP contribution in [0.3, 0.4) is 0 Å². The molecule has 0 fully saturated rings. The van der Waals surface area contributed by atoms with E-state index in [1.807, 2.05) is 12.1 Å². The van der Waals surface area contributed by atoms with Crippen LogP contribution in [0.25, 0.3) is 0 Å². The van der Waals surface area contributed by atoms with E-state index in [-0.39, 0.29) is 5.41 Å². The van der Waals surface area contributed by atoms with Crippen LogP contribution >= 0.6 is 8.60 Å². The Bertz CT molecular complexity index is 1090. The maximum absolute atomic E-state index is 6.50. The van der Waals surface area contributed by atoms with Crippen LogP contribution < -0.4 is 13.6 Å². The van der Waals surface area contributed by atoms with E-state index in [0.29, 0.717) is 0 Å². The van der Waals surface area contributed by atoms with Crippen LogP contribution in [0.1, 0.15) is 141 Å². The van der Waals surface area contributed by atoms with E-state index in [1.54, 1.807) is 0 Å². The first-order chi connectivity index (χ1) is 21.4. The van der Waals surface area contributed by atoms with Gasteiger partial charge in [-0.2, -0.15) is 0 Å². The molecule has 0 heterocycles. The molecule has 242 valence electrons. The lowest BCUT2D eigenvalue weighted by Gasteiger charge is -2.24. The van der Waals surface area contributed by atoms with Gasteiger partial charge in [0.2, 0.25) is 0 Å². The van der Waals surface area contributed by atoms with Gasteiger partial charge < -0.3 is 13.6 Å². The molecule has 0 saturated heterocycles. The highest BCUT2D eigenvalue weighted by molar-refractivity contribution is 7.43. The highest BCUT2D eigenvalue weighted by Gasteiger charge is 2.25. The van der Waals surface area contributed by atoms with Crippen molar-refractivity contribution in [1.82, 2.24) is 0 Å². The summed E-state index contributed by atoms with van der Waals surface area (Å²) in [4.78, 5) is 0. The minimum absolute atomic E-state index is 0.0626. The van der Waals surface area contributed by atoms with Gasteiger partial charge in [-0.1, -0.05) is 154 Å². The molecule has 0 saturated carbocycles. The number of para-hydroxylation sites is 1. The van der Waals surface area contributed by atoms with Crippen molar-refractivity contribution >= 4 is 8.60 Å². The molecular formula is C40H59O3P. The van der Waals surface area contributed by atoms with Crippen molar-refractivity contribution in [2.24, 2.45) is 0 Å². The molecule has 3 rings (SSSR count). The highest BCUT2D eigenvalue weighted by atomic mass is 31.2. The molecule has 44 heavy (non-hydrogen) atoms. The fourth-order valence-corrected chi connectivity index (χ4v) is 6.50. The standard InChI is InChI=1S/C40H59O3P/c1-6-8-10-12-14-16-18-22-34-26-30-36(31-27-34)41-44(43-39-25-21-20-24-38(39)40(3,4)5)42-37-32-28-35(29-33-37)23-19-17-15-13-11-9-7-2/h20-21,24-33H,6-19,22-23H2,1-5H3. The van der Waals surface area contributed by atoms with Gasteiger partial charge in [0, 0.05) is 5.56 Å². The lowest BCUT2D eigenvalue weighted by atomic mass is 9.86. The number of hydrogen-bond donors (Lipinski definition) is 0. The van der Waals surface area contributed by atoms with E-state index in [1.165, 1.54) is 101 Å². The topological polar surface area (TPSA) is 27.7 Å². The van der Waals surface area contributed by atoms with Crippen molar-refractivity contribution < 1.29 is 13.6 Å². The zero-order valence-electron chi connectivity index (χ0n) is 28.4. The van der Waals surface area contributed by atoms with Crippen molar-refractivity contribution in [3.8, 4) is 17.2 Å². The summed E-state index contributed by atoms with van der Waals surface area (Å²) in [5, 5.41) is 0. The highest BCUT2D eigenvalue weighted by Crippen LogP contribution is 2.45. The maximum atomic E-state index is 6.50. The summed E-state index contributed by atoms with van der Waals surface area (Å²) in [5.74, 6) is 2.34. The number of hydrogen-bond acceptors (Lipinski definition) is 3. The summed E-state index contributed by atoms with van der Waals surface area (Å²) in [7, 11) is -1.71. The van der Waals surface area contributed by atoms with Gasteiger partial charge in [0.05, 0.1) is 0 Å². The lowest BCUT2D eigenvalue weighted by Crippen LogP contribution is -2.13. The van der Waals surface area contributed by atoms with E-state index in [0.717, 1.165) is 35.7 Å². The van der Waals surface area contributed by atoms with Gasteiger partial charge in [-0.05, 0) is 72.6 Å². The van der Waals surface area contributed by atoms with Crippen LogP contribution in [-0.2, 0) is 18.3 Å². The first kappa shape index (κ1) is 36.0. The Balaban J connectivity index is 1.60. The second-order valence-electron chi connectivity index (χ2n) is 13.3. The zero-order valence-corrected chi connectivity index (χ0v) is 29.3. The minimum Gasteiger partial charge on any atom is -0.409 e. The molecule has 0 radical (unpaired) electrons. The van der Waals surface area contributed by atoms with Crippen molar-refractivity contribution in [3.63, 3.8) is 0 Å². The largest absolute Gasteiger partial charge is 0.530 e. The average Bonchev–Trinajstić information content (AvgIpc) is 3.01. The van der Waals surface area contributed by atoms with Crippen molar-refractivity contribution in [3.05, 3.63) is 89.5 Å². The SMILES string of the molecule is CCCCCCCCCc1ccc(OP(Oc2ccc(CCCCCCCCC)cc2)Oc2ccccc2C(C)(C)C)cc1. The van der Waals surface area contributed by atoms with E-state index in [9.17, 15) is 0 Å². The minimum atomic E-state index is -1.71. The van der Waals surface area contributed by atoms with Gasteiger partial charge in [-0.3, -0.25) is 0 Å². The Morgan fingerprint density at radius 1 is 0.477 bits per heavy atom. The molecule has 0 aliphatic rings. The van der Waals surface area contributed by atoms with Crippen LogP contribution in [0, 0.1) is 0 Å². The number of aryl methyl sites for hydroxylation is 2. The van der Waals surface area contributed by atoms with E-state index in [2.05, 4.69) is 95.3 Å². The smallest absolute Gasteiger partial charge is 0.409 e. The van der Waals surface area contributed by atoms with Crippen molar-refractivity contribution in [2.45, 2.75) is 143 Å². The monoisotopic (exact) mass is 618 g/mol. The first-order valence-electron chi connectivity index (χ1n) is 17.5. The van der Waals surface area contributed by atoms with Crippen LogP contribution in [0.2, 0.25) is 0 Å². The number of benzene rings is 3. The van der Waals surface area contributed by atoms with E-state index < -0.39 is 8.60 Å². The molecule has 0 spiro atoms. The summed E-state index contributed by atoms with van der Waals surface area (Å²) in [5.41, 5.74) is 3.78. The molecule has 4 heteroatoms. The molecule has 0 bridgehead atoms. The quantitative estimate of drug-likeness (QED) is 0.0828. The van der Waals surface area contributed by atoms with E-state index >= 15 is 0 Å². The van der Waals surface area contributed by atoms with Crippen LogP contribution in [0.5, 0.6) is 17.2 Å². The molecule has 0 aliphatic carbocycles. The van der Waals surface area contributed by atoms with Gasteiger partial charge in [0.1, 0.15) is 17.2 Å². The molecule has 0 amide bonds. The average molecular weight is 619 g/mol. The van der Waals surface area contributed by atoms with Crippen LogP contribution in [0.4, 0.5) is 0 Å². The molecule has 0 aliphatic heterocycles. The Morgan fingerprint density at radius 3 is 1.32 bits per heavy atom. The van der Waals surface area contributed by atoms with Gasteiger partial charge in [0.25, 0.3) is 0 Å². The van der Waals surface area contributed by atoms with Crippen LogP contribution in [-0.4, -0.2) is 0 Å². The van der Waals surface area contributed by atoms with Gasteiger partial charge >= 0.3 is 8.60 Å². The molecule has 3 nitrogen and oxygen atoms in total. The van der Waals surface area contributed by atoms with Gasteiger partial charge in [-0.25, -0.2) is 0 Å². The lowest BCUT2D eigenvalue weighted by molar-refractivity contribution is 0.382. The Labute approximate surface area is 271 Å². The second kappa shape index (κ2) is 20.5. The molecule has 3 aromatic rings. The van der Waals surface area contributed by atoms with E-state index in [4.69, 9.17) is 13.6 Å². The summed E-state index contributed by atoms with van der Waals surface area (Å²) in [6.07, 6.45) is 20.8. The third-order valence-electron chi connectivity index (χ3n) is 8.21. The molecular weight excluding hydrogens is 559 g/mol. The predicted molar refractivity (Wildman–Crippen MR) is 190 cm³/mol. The molecule has 0 unspecified atom stereocenters.